The van der Waals surface area contributed by atoms with E-state index in [0.29, 0.717) is 16.7 Å². The van der Waals surface area contributed by atoms with Gasteiger partial charge in [-0.1, -0.05) is 18.2 Å². The maximum atomic E-state index is 14.3. The third kappa shape index (κ3) is 5.71. The van der Waals surface area contributed by atoms with Crippen LogP contribution in [0.5, 0.6) is 0 Å². The molecular weight excluding hydrogens is 494 g/mol. The second-order valence-corrected chi connectivity index (χ2v) is 8.11. The van der Waals surface area contributed by atoms with Crippen LogP contribution in [-0.4, -0.2) is 29.9 Å². The van der Waals surface area contributed by atoms with E-state index in [0.717, 1.165) is 12.3 Å². The SMILES string of the molecule is COC(=O)c1ccc(F)c(NC(=O)c2cccc(-c3cc(C(=O)Nc4ccncc4F)ccc3CN)c2)c1. The minimum atomic E-state index is -0.725. The van der Waals surface area contributed by atoms with Crippen molar-refractivity contribution in [3.05, 3.63) is 113 Å². The Labute approximate surface area is 216 Å². The van der Waals surface area contributed by atoms with Crippen molar-refractivity contribution in [3.63, 3.8) is 0 Å². The van der Waals surface area contributed by atoms with Gasteiger partial charge in [-0.15, -0.1) is 0 Å². The summed E-state index contributed by atoms with van der Waals surface area (Å²) in [6.45, 7) is 0.151. The molecule has 0 spiro atoms. The number of anilines is 2. The molecule has 0 radical (unpaired) electrons. The van der Waals surface area contributed by atoms with Gasteiger partial charge in [-0.2, -0.15) is 0 Å². The van der Waals surface area contributed by atoms with E-state index < -0.39 is 29.4 Å². The predicted molar refractivity (Wildman–Crippen MR) is 138 cm³/mol. The van der Waals surface area contributed by atoms with Gasteiger partial charge in [0, 0.05) is 23.9 Å². The van der Waals surface area contributed by atoms with Gasteiger partial charge in [0.2, 0.25) is 0 Å². The van der Waals surface area contributed by atoms with Crippen LogP contribution in [0.1, 0.15) is 36.6 Å². The van der Waals surface area contributed by atoms with Crippen molar-refractivity contribution in [2.45, 2.75) is 6.54 Å². The lowest BCUT2D eigenvalue weighted by Crippen LogP contribution is -2.15. The minimum absolute atomic E-state index is 0.0170. The lowest BCUT2D eigenvalue weighted by molar-refractivity contribution is 0.0600. The number of amides is 2. The summed E-state index contributed by atoms with van der Waals surface area (Å²) in [5.41, 5.74) is 8.08. The first-order chi connectivity index (χ1) is 18.3. The van der Waals surface area contributed by atoms with Gasteiger partial charge < -0.3 is 21.1 Å². The van der Waals surface area contributed by atoms with Crippen LogP contribution in [0.15, 0.2) is 79.1 Å². The average Bonchev–Trinajstić information content (AvgIpc) is 2.94. The Hall–Kier alpha value is -4.96. The number of ether oxygens (including phenoxy) is 1. The number of aromatic nitrogens is 1. The Morgan fingerprint density at radius 3 is 2.26 bits per heavy atom. The highest BCUT2D eigenvalue weighted by Gasteiger charge is 2.16. The van der Waals surface area contributed by atoms with E-state index in [2.05, 4.69) is 20.4 Å². The molecule has 1 aromatic heterocycles. The second-order valence-electron chi connectivity index (χ2n) is 8.11. The van der Waals surface area contributed by atoms with Gasteiger partial charge in [-0.25, -0.2) is 13.6 Å². The van der Waals surface area contributed by atoms with Crippen molar-refractivity contribution in [1.82, 2.24) is 4.98 Å². The van der Waals surface area contributed by atoms with E-state index in [1.54, 1.807) is 36.4 Å². The smallest absolute Gasteiger partial charge is 0.337 e. The molecular formula is C28H22F2N4O4. The maximum Gasteiger partial charge on any atom is 0.337 e. The lowest BCUT2D eigenvalue weighted by Gasteiger charge is -2.13. The van der Waals surface area contributed by atoms with Crippen molar-refractivity contribution in [2.75, 3.05) is 17.7 Å². The summed E-state index contributed by atoms with van der Waals surface area (Å²) in [4.78, 5) is 41.2. The highest BCUT2D eigenvalue weighted by atomic mass is 19.1. The zero-order valence-electron chi connectivity index (χ0n) is 20.1. The number of nitrogens with two attached hydrogens (primary N) is 1. The Balaban J connectivity index is 1.62. The molecule has 0 fully saturated rings. The largest absolute Gasteiger partial charge is 0.465 e. The van der Waals surface area contributed by atoms with Crippen LogP contribution in [-0.2, 0) is 11.3 Å². The van der Waals surface area contributed by atoms with Crippen LogP contribution >= 0.6 is 0 Å². The number of rotatable bonds is 7. The number of esters is 1. The molecule has 0 aliphatic rings. The molecule has 0 saturated heterocycles. The fourth-order valence-electron chi connectivity index (χ4n) is 3.72. The number of halogens is 2. The van der Waals surface area contributed by atoms with Crippen molar-refractivity contribution in [1.29, 1.82) is 0 Å². The van der Waals surface area contributed by atoms with E-state index in [1.807, 2.05) is 0 Å². The number of benzene rings is 3. The Bertz CT molecular complexity index is 1540. The van der Waals surface area contributed by atoms with E-state index in [-0.39, 0.29) is 34.6 Å². The average molecular weight is 517 g/mol. The van der Waals surface area contributed by atoms with Gasteiger partial charge in [0.1, 0.15) is 5.82 Å². The summed E-state index contributed by atoms with van der Waals surface area (Å²) in [6, 6.07) is 16.1. The van der Waals surface area contributed by atoms with Crippen LogP contribution in [0.3, 0.4) is 0 Å². The van der Waals surface area contributed by atoms with Crippen LogP contribution in [0.25, 0.3) is 11.1 Å². The second kappa shape index (κ2) is 11.4. The fourth-order valence-corrected chi connectivity index (χ4v) is 3.72. The quantitative estimate of drug-likeness (QED) is 0.304. The summed E-state index contributed by atoms with van der Waals surface area (Å²) < 4.78 is 32.9. The molecule has 4 aromatic rings. The molecule has 3 aromatic carbocycles. The van der Waals surface area contributed by atoms with Gasteiger partial charge in [0.05, 0.1) is 30.2 Å². The molecule has 0 unspecified atom stereocenters. The topological polar surface area (TPSA) is 123 Å². The Morgan fingerprint density at radius 1 is 0.842 bits per heavy atom. The molecule has 4 N–H and O–H groups in total. The molecule has 38 heavy (non-hydrogen) atoms. The number of pyridine rings is 1. The summed E-state index contributed by atoms with van der Waals surface area (Å²) in [5, 5.41) is 4.97. The number of nitrogens with one attached hydrogen (secondary N) is 2. The first-order valence-electron chi connectivity index (χ1n) is 11.3. The van der Waals surface area contributed by atoms with Gasteiger partial charge in [-0.05, 0) is 65.2 Å². The molecule has 0 aliphatic heterocycles. The van der Waals surface area contributed by atoms with Crippen molar-refractivity contribution >= 4 is 29.2 Å². The zero-order chi connectivity index (χ0) is 27.2. The number of carbonyl (C=O) groups excluding carboxylic acids is 3. The molecule has 192 valence electrons. The molecule has 8 nitrogen and oxygen atoms in total. The van der Waals surface area contributed by atoms with Crippen molar-refractivity contribution in [2.24, 2.45) is 5.73 Å². The normalized spacial score (nSPS) is 10.5. The Morgan fingerprint density at radius 2 is 1.55 bits per heavy atom. The third-order valence-corrected chi connectivity index (χ3v) is 5.68. The number of methoxy groups -OCH3 is 1. The molecule has 1 heterocycles. The van der Waals surface area contributed by atoms with Gasteiger partial charge in [-0.3, -0.25) is 14.6 Å². The zero-order valence-corrected chi connectivity index (χ0v) is 20.1. The van der Waals surface area contributed by atoms with Gasteiger partial charge in [0.15, 0.2) is 5.82 Å². The highest BCUT2D eigenvalue weighted by Crippen LogP contribution is 2.27. The standard InChI is InChI=1S/C28H22F2N4O4/c1-38-28(37)19-7-8-22(29)25(13-19)34-26(35)17-4-2-3-16(11-17)21-12-18(5-6-20(21)14-31)27(36)33-24-9-10-32-15-23(24)30/h2-13,15H,14,31H2,1H3,(H,34,35)(H,32,33,36). The van der Waals surface area contributed by atoms with Gasteiger partial charge >= 0.3 is 5.97 Å². The number of nitrogens with zero attached hydrogens (tertiary/aromatic N) is 1. The monoisotopic (exact) mass is 516 g/mol. The molecule has 0 aliphatic carbocycles. The number of hydrogen-bond acceptors (Lipinski definition) is 6. The van der Waals surface area contributed by atoms with E-state index in [9.17, 15) is 23.2 Å². The van der Waals surface area contributed by atoms with Gasteiger partial charge in [0.25, 0.3) is 11.8 Å². The van der Waals surface area contributed by atoms with Crippen molar-refractivity contribution < 1.29 is 27.9 Å². The van der Waals surface area contributed by atoms with E-state index in [4.69, 9.17) is 5.73 Å². The summed E-state index contributed by atoms with van der Waals surface area (Å²) >= 11 is 0. The van der Waals surface area contributed by atoms with Crippen LogP contribution in [0, 0.1) is 11.6 Å². The van der Waals surface area contributed by atoms with E-state index >= 15 is 0 Å². The molecule has 0 saturated carbocycles. The van der Waals surface area contributed by atoms with Crippen LogP contribution in [0.4, 0.5) is 20.2 Å². The van der Waals surface area contributed by atoms with E-state index in [1.165, 1.54) is 37.6 Å². The molecule has 2 amide bonds. The highest BCUT2D eigenvalue weighted by molar-refractivity contribution is 6.07. The summed E-state index contributed by atoms with van der Waals surface area (Å²) in [5.74, 6) is -3.24. The Kier molecular flexibility index (Phi) is 7.83. The van der Waals surface area contributed by atoms with Crippen LogP contribution < -0.4 is 16.4 Å². The molecule has 0 atom stereocenters. The third-order valence-electron chi connectivity index (χ3n) is 5.68. The molecule has 4 rings (SSSR count). The van der Waals surface area contributed by atoms with Crippen molar-refractivity contribution in [3.8, 4) is 11.1 Å². The summed E-state index contributed by atoms with van der Waals surface area (Å²) in [7, 11) is 1.20. The first-order valence-corrected chi connectivity index (χ1v) is 11.3. The molecule has 10 heteroatoms. The number of hydrogen-bond donors (Lipinski definition) is 3. The maximum absolute atomic E-state index is 14.3. The number of carbonyl (C=O) groups is 3. The molecule has 0 bridgehead atoms. The first kappa shape index (κ1) is 26.1. The predicted octanol–water partition coefficient (Wildman–Crippen LogP) is 4.78. The fraction of sp³-hybridized carbons (Fsp3) is 0.0714. The van der Waals surface area contributed by atoms with Crippen LogP contribution in [0.2, 0.25) is 0 Å². The minimum Gasteiger partial charge on any atom is -0.465 e. The summed E-state index contributed by atoms with van der Waals surface area (Å²) in [6.07, 6.45) is 2.35. The lowest BCUT2D eigenvalue weighted by atomic mass is 9.95.